The van der Waals surface area contributed by atoms with Crippen molar-refractivity contribution in [2.24, 2.45) is 0 Å². The minimum atomic E-state index is -0.221. The molecule has 0 N–H and O–H groups in total. The zero-order valence-corrected chi connectivity index (χ0v) is 19.8. The Morgan fingerprint density at radius 3 is 2.41 bits per heavy atom. The van der Waals surface area contributed by atoms with Gasteiger partial charge in [-0.2, -0.15) is 0 Å². The lowest BCUT2D eigenvalue weighted by atomic mass is 9.77. The summed E-state index contributed by atoms with van der Waals surface area (Å²) < 4.78 is 5.91. The first-order valence-electron chi connectivity index (χ1n) is 11.6. The molecule has 172 valence electrons. The van der Waals surface area contributed by atoms with Crippen LogP contribution in [-0.2, 0) is 16.2 Å². The SMILES string of the molecule is Cc1ccccc1N1C(=O)CC(c2ccc(OCc3ccc(Cl)cc3)cc2)C2=C1CCCC2=O. The standard InChI is InChI=1S/C29H26ClNO3/c1-19-5-2-3-6-25(19)31-26-7-4-8-27(32)29(26)24(17-28(31)33)21-11-15-23(16-12-21)34-18-20-9-13-22(30)14-10-20/h2-3,5-6,9-16,24H,4,7-8,17-18H2,1H3. The second kappa shape index (κ2) is 9.47. The molecule has 0 bridgehead atoms. The summed E-state index contributed by atoms with van der Waals surface area (Å²) in [5.41, 5.74) is 5.57. The molecule has 0 saturated carbocycles. The van der Waals surface area contributed by atoms with Gasteiger partial charge in [0.05, 0.1) is 5.69 Å². The molecule has 1 heterocycles. The fourth-order valence-electron chi connectivity index (χ4n) is 4.92. The highest BCUT2D eigenvalue weighted by Crippen LogP contribution is 2.44. The van der Waals surface area contributed by atoms with Crippen molar-refractivity contribution >= 4 is 29.0 Å². The van der Waals surface area contributed by atoms with E-state index in [-0.39, 0.29) is 24.0 Å². The second-order valence-corrected chi connectivity index (χ2v) is 9.33. The topological polar surface area (TPSA) is 46.6 Å². The lowest BCUT2D eigenvalue weighted by Gasteiger charge is -2.39. The number of ketones is 1. The molecule has 3 aromatic rings. The molecule has 5 rings (SSSR count). The van der Waals surface area contributed by atoms with Crippen LogP contribution in [0.3, 0.4) is 0 Å². The summed E-state index contributed by atoms with van der Waals surface area (Å²) >= 11 is 5.95. The number of halogens is 1. The van der Waals surface area contributed by atoms with Gasteiger partial charge in [0.1, 0.15) is 12.4 Å². The third-order valence-corrected chi connectivity index (χ3v) is 6.88. The number of nitrogens with zero attached hydrogens (tertiary/aromatic N) is 1. The van der Waals surface area contributed by atoms with E-state index in [0.29, 0.717) is 18.1 Å². The van der Waals surface area contributed by atoms with E-state index in [1.165, 1.54) is 0 Å². The van der Waals surface area contributed by atoms with Crippen LogP contribution in [0.1, 0.15) is 48.3 Å². The highest BCUT2D eigenvalue weighted by molar-refractivity contribution is 6.30. The van der Waals surface area contributed by atoms with Crippen LogP contribution in [0.4, 0.5) is 5.69 Å². The van der Waals surface area contributed by atoms with E-state index in [2.05, 4.69) is 0 Å². The zero-order valence-electron chi connectivity index (χ0n) is 19.1. The Bertz CT molecular complexity index is 1260. The van der Waals surface area contributed by atoms with Crippen LogP contribution >= 0.6 is 11.6 Å². The van der Waals surface area contributed by atoms with Gasteiger partial charge < -0.3 is 4.74 Å². The van der Waals surface area contributed by atoms with Gasteiger partial charge in [0, 0.05) is 35.1 Å². The monoisotopic (exact) mass is 471 g/mol. The number of Topliss-reactive ketones (excluding diaryl/α,β-unsaturated/α-hetero) is 1. The van der Waals surface area contributed by atoms with Crippen LogP contribution in [0.5, 0.6) is 5.75 Å². The number of rotatable bonds is 5. The molecule has 4 nitrogen and oxygen atoms in total. The number of amides is 1. The summed E-state index contributed by atoms with van der Waals surface area (Å²) in [4.78, 5) is 28.3. The number of carbonyl (C=O) groups is 2. The maximum Gasteiger partial charge on any atom is 0.232 e. The molecule has 0 aromatic heterocycles. The van der Waals surface area contributed by atoms with Gasteiger partial charge in [-0.25, -0.2) is 0 Å². The first-order valence-corrected chi connectivity index (χ1v) is 12.0. The predicted octanol–water partition coefficient (Wildman–Crippen LogP) is 6.76. The Kier molecular flexibility index (Phi) is 6.25. The van der Waals surface area contributed by atoms with Gasteiger partial charge in [-0.15, -0.1) is 0 Å². The number of ether oxygens (including phenoxy) is 1. The molecule has 34 heavy (non-hydrogen) atoms. The van der Waals surface area contributed by atoms with Crippen LogP contribution in [0.25, 0.3) is 0 Å². The number of para-hydroxylation sites is 1. The van der Waals surface area contributed by atoms with Gasteiger partial charge in [-0.05, 0) is 66.8 Å². The summed E-state index contributed by atoms with van der Waals surface area (Å²) in [5, 5.41) is 0.696. The molecular weight excluding hydrogens is 446 g/mol. The van der Waals surface area contributed by atoms with E-state index in [1.54, 1.807) is 4.90 Å². The molecule has 1 unspecified atom stereocenters. The fraction of sp³-hybridized carbons (Fsp3) is 0.241. The van der Waals surface area contributed by atoms with Crippen molar-refractivity contribution in [3.8, 4) is 5.75 Å². The molecule has 1 aliphatic carbocycles. The maximum atomic E-state index is 13.4. The lowest BCUT2D eigenvalue weighted by molar-refractivity contribution is -0.119. The molecule has 5 heteroatoms. The number of carbonyl (C=O) groups excluding carboxylic acids is 2. The Morgan fingerprint density at radius 2 is 1.68 bits per heavy atom. The third-order valence-electron chi connectivity index (χ3n) is 6.63. The van der Waals surface area contributed by atoms with E-state index in [0.717, 1.165) is 52.2 Å². The number of hydrogen-bond donors (Lipinski definition) is 0. The fourth-order valence-corrected chi connectivity index (χ4v) is 5.04. The Hall–Kier alpha value is -3.37. The van der Waals surface area contributed by atoms with Gasteiger partial charge in [-0.1, -0.05) is 54.1 Å². The van der Waals surface area contributed by atoms with Crippen LogP contribution in [-0.4, -0.2) is 11.7 Å². The minimum absolute atomic E-state index is 0.0378. The first-order chi connectivity index (χ1) is 16.5. The van der Waals surface area contributed by atoms with Crippen molar-refractivity contribution in [1.82, 2.24) is 0 Å². The summed E-state index contributed by atoms with van der Waals surface area (Å²) in [6.07, 6.45) is 2.33. The molecule has 1 atom stereocenters. The van der Waals surface area contributed by atoms with E-state index >= 15 is 0 Å². The largest absolute Gasteiger partial charge is 0.489 e. The van der Waals surface area contributed by atoms with Crippen LogP contribution in [0.2, 0.25) is 5.02 Å². The van der Waals surface area contributed by atoms with E-state index < -0.39 is 0 Å². The predicted molar refractivity (Wildman–Crippen MR) is 134 cm³/mol. The average Bonchev–Trinajstić information content (AvgIpc) is 2.84. The maximum absolute atomic E-state index is 13.4. The third kappa shape index (κ3) is 4.38. The van der Waals surface area contributed by atoms with E-state index in [4.69, 9.17) is 16.3 Å². The van der Waals surface area contributed by atoms with Crippen molar-refractivity contribution in [3.05, 3.63) is 106 Å². The quantitative estimate of drug-likeness (QED) is 0.413. The van der Waals surface area contributed by atoms with Gasteiger partial charge in [0.2, 0.25) is 5.91 Å². The van der Waals surface area contributed by atoms with Crippen molar-refractivity contribution in [2.45, 2.75) is 45.1 Å². The Balaban J connectivity index is 1.42. The van der Waals surface area contributed by atoms with Crippen molar-refractivity contribution in [2.75, 3.05) is 4.90 Å². The van der Waals surface area contributed by atoms with Crippen LogP contribution < -0.4 is 9.64 Å². The average molecular weight is 472 g/mol. The second-order valence-electron chi connectivity index (χ2n) is 8.89. The van der Waals surface area contributed by atoms with Crippen molar-refractivity contribution in [1.29, 1.82) is 0 Å². The van der Waals surface area contributed by atoms with Gasteiger partial charge in [0.25, 0.3) is 0 Å². The molecule has 2 aliphatic rings. The summed E-state index contributed by atoms with van der Waals surface area (Å²) in [6, 6.07) is 23.2. The normalized spacial score (nSPS) is 18.2. The number of aryl methyl sites for hydroxylation is 1. The van der Waals surface area contributed by atoms with Crippen molar-refractivity contribution < 1.29 is 14.3 Å². The van der Waals surface area contributed by atoms with Crippen LogP contribution in [0, 0.1) is 6.92 Å². The molecule has 3 aromatic carbocycles. The number of hydrogen-bond acceptors (Lipinski definition) is 3. The molecule has 1 amide bonds. The molecule has 0 saturated heterocycles. The summed E-state index contributed by atoms with van der Waals surface area (Å²) in [7, 11) is 0. The number of benzene rings is 3. The highest BCUT2D eigenvalue weighted by atomic mass is 35.5. The summed E-state index contributed by atoms with van der Waals surface area (Å²) in [5.74, 6) is 0.712. The van der Waals surface area contributed by atoms with E-state index in [9.17, 15) is 9.59 Å². The highest BCUT2D eigenvalue weighted by Gasteiger charge is 2.39. The van der Waals surface area contributed by atoms with Crippen LogP contribution in [0.15, 0.2) is 84.1 Å². The molecular formula is C29H26ClNO3. The van der Waals surface area contributed by atoms with Gasteiger partial charge in [0.15, 0.2) is 5.78 Å². The minimum Gasteiger partial charge on any atom is -0.489 e. The smallest absolute Gasteiger partial charge is 0.232 e. The summed E-state index contributed by atoms with van der Waals surface area (Å²) in [6.45, 7) is 2.44. The van der Waals surface area contributed by atoms with Crippen molar-refractivity contribution in [3.63, 3.8) is 0 Å². The van der Waals surface area contributed by atoms with Gasteiger partial charge in [-0.3, -0.25) is 14.5 Å². The molecule has 0 fully saturated rings. The molecule has 0 radical (unpaired) electrons. The molecule has 1 aliphatic heterocycles. The number of anilines is 1. The van der Waals surface area contributed by atoms with Gasteiger partial charge >= 0.3 is 0 Å². The first kappa shape index (κ1) is 22.4. The number of allylic oxidation sites excluding steroid dienone is 2. The zero-order chi connectivity index (χ0) is 23.7. The van der Waals surface area contributed by atoms with E-state index in [1.807, 2.05) is 79.7 Å². The molecule has 0 spiro atoms. The lowest BCUT2D eigenvalue weighted by Crippen LogP contribution is -2.40. The Labute approximate surface area is 204 Å². The Morgan fingerprint density at radius 1 is 0.941 bits per heavy atom.